The molecule has 1 aromatic rings. The van der Waals surface area contributed by atoms with E-state index in [2.05, 4.69) is 4.98 Å². The van der Waals surface area contributed by atoms with E-state index in [1.165, 1.54) is 0 Å². The van der Waals surface area contributed by atoms with Gasteiger partial charge < -0.3 is 10.7 Å². The van der Waals surface area contributed by atoms with E-state index in [0.717, 1.165) is 0 Å². The van der Waals surface area contributed by atoms with Gasteiger partial charge in [0.1, 0.15) is 0 Å². The fourth-order valence-electron chi connectivity index (χ4n) is 1.62. The van der Waals surface area contributed by atoms with Crippen molar-refractivity contribution in [3.8, 4) is 0 Å². The van der Waals surface area contributed by atoms with Crippen molar-refractivity contribution >= 4 is 0 Å². The van der Waals surface area contributed by atoms with Gasteiger partial charge >= 0.3 is 6.18 Å². The number of H-pyrrole nitrogens is 1. The third-order valence-electron chi connectivity index (χ3n) is 2.31. The van der Waals surface area contributed by atoms with Gasteiger partial charge in [-0.1, -0.05) is 0 Å². The second kappa shape index (κ2) is 3.65. The molecule has 1 aromatic heterocycles. The zero-order valence-corrected chi connectivity index (χ0v) is 8.07. The number of nitrogens with one attached hydrogen (secondary N) is 1. The molecule has 14 heavy (non-hydrogen) atoms. The van der Waals surface area contributed by atoms with E-state index in [4.69, 9.17) is 5.73 Å². The summed E-state index contributed by atoms with van der Waals surface area (Å²) in [5.41, 5.74) is 6.58. The van der Waals surface area contributed by atoms with E-state index in [1.807, 2.05) is 0 Å². The van der Waals surface area contributed by atoms with E-state index in [0.29, 0.717) is 11.3 Å². The van der Waals surface area contributed by atoms with Crippen LogP contribution in [-0.2, 0) is 0 Å². The highest BCUT2D eigenvalue weighted by Gasteiger charge is 2.41. The second-order valence-electron chi connectivity index (χ2n) is 3.34. The maximum Gasteiger partial charge on any atom is 0.397 e. The molecule has 1 unspecified atom stereocenters. The summed E-state index contributed by atoms with van der Waals surface area (Å²) in [5.74, 6) is -1.56. The molecule has 2 nitrogen and oxygen atoms in total. The smallest absolute Gasteiger partial charge is 0.365 e. The molecular formula is C9H13F3N2. The minimum Gasteiger partial charge on any atom is -0.365 e. The number of aromatic amines is 1. The molecule has 0 aliphatic rings. The largest absolute Gasteiger partial charge is 0.397 e. The zero-order valence-electron chi connectivity index (χ0n) is 8.07. The van der Waals surface area contributed by atoms with Crippen molar-refractivity contribution in [2.24, 2.45) is 5.73 Å². The first-order chi connectivity index (χ1) is 6.38. The minimum atomic E-state index is -4.27. The molecule has 1 atom stereocenters. The van der Waals surface area contributed by atoms with E-state index in [9.17, 15) is 13.2 Å². The van der Waals surface area contributed by atoms with Crippen LogP contribution in [-0.4, -0.2) is 17.7 Å². The second-order valence-corrected chi connectivity index (χ2v) is 3.34. The molecule has 0 aliphatic heterocycles. The van der Waals surface area contributed by atoms with E-state index in [1.54, 1.807) is 20.0 Å². The monoisotopic (exact) mass is 206 g/mol. The number of nitrogens with two attached hydrogens (primary N) is 1. The lowest BCUT2D eigenvalue weighted by Gasteiger charge is -2.19. The first kappa shape index (κ1) is 11.1. The molecule has 1 heterocycles. The number of hydrogen-bond donors (Lipinski definition) is 2. The summed E-state index contributed by atoms with van der Waals surface area (Å²) in [7, 11) is 0. The highest BCUT2D eigenvalue weighted by Crippen LogP contribution is 2.36. The number of rotatable bonds is 2. The summed E-state index contributed by atoms with van der Waals surface area (Å²) in [5, 5.41) is 0. The molecule has 0 spiro atoms. The van der Waals surface area contributed by atoms with Gasteiger partial charge in [-0.2, -0.15) is 13.2 Å². The number of aryl methyl sites for hydroxylation is 2. The Labute approximate surface area is 80.3 Å². The summed E-state index contributed by atoms with van der Waals surface area (Å²) in [4.78, 5) is 2.77. The molecule has 80 valence electrons. The van der Waals surface area contributed by atoms with Crippen molar-refractivity contribution < 1.29 is 13.2 Å². The highest BCUT2D eigenvalue weighted by molar-refractivity contribution is 5.34. The lowest BCUT2D eigenvalue weighted by atomic mass is 9.96. The maximum atomic E-state index is 12.5. The zero-order chi connectivity index (χ0) is 10.9. The SMILES string of the molecule is Cc1c[nH]c(C)c1C(CN)C(F)(F)F. The Morgan fingerprint density at radius 1 is 1.43 bits per heavy atom. The molecular weight excluding hydrogens is 193 g/mol. The van der Waals surface area contributed by atoms with E-state index < -0.39 is 18.6 Å². The fourth-order valence-corrected chi connectivity index (χ4v) is 1.62. The molecule has 3 N–H and O–H groups in total. The molecule has 0 fully saturated rings. The summed E-state index contributed by atoms with van der Waals surface area (Å²) in [6.07, 6.45) is -2.70. The minimum absolute atomic E-state index is 0.278. The number of alkyl halides is 3. The topological polar surface area (TPSA) is 41.8 Å². The van der Waals surface area contributed by atoms with Gasteiger partial charge in [-0.3, -0.25) is 0 Å². The normalized spacial score (nSPS) is 14.4. The van der Waals surface area contributed by atoms with Crippen LogP contribution in [0.25, 0.3) is 0 Å². The van der Waals surface area contributed by atoms with Crippen molar-refractivity contribution in [2.75, 3.05) is 6.54 Å². The van der Waals surface area contributed by atoms with E-state index in [-0.39, 0.29) is 5.56 Å². The summed E-state index contributed by atoms with van der Waals surface area (Å²) >= 11 is 0. The molecule has 0 aromatic carbocycles. The summed E-state index contributed by atoms with van der Waals surface area (Å²) < 4.78 is 37.6. The van der Waals surface area contributed by atoms with Gasteiger partial charge in [0.05, 0.1) is 5.92 Å². The van der Waals surface area contributed by atoms with Gasteiger partial charge in [0.2, 0.25) is 0 Å². The number of aromatic nitrogens is 1. The molecule has 1 rings (SSSR count). The van der Waals surface area contributed by atoms with Crippen LogP contribution in [0, 0.1) is 13.8 Å². The van der Waals surface area contributed by atoms with Crippen LogP contribution >= 0.6 is 0 Å². The standard InChI is InChI=1S/C9H13F3N2/c1-5-4-14-6(2)8(5)7(3-13)9(10,11)12/h4,7,14H,3,13H2,1-2H3. The Morgan fingerprint density at radius 2 is 2.00 bits per heavy atom. The van der Waals surface area contributed by atoms with Gasteiger partial charge in [-0.25, -0.2) is 0 Å². The highest BCUT2D eigenvalue weighted by atomic mass is 19.4. The van der Waals surface area contributed by atoms with Crippen LogP contribution in [0.15, 0.2) is 6.20 Å². The molecule has 5 heteroatoms. The van der Waals surface area contributed by atoms with Crippen molar-refractivity contribution in [1.82, 2.24) is 4.98 Å². The average molecular weight is 206 g/mol. The molecule has 0 bridgehead atoms. The van der Waals surface area contributed by atoms with Crippen molar-refractivity contribution in [3.63, 3.8) is 0 Å². The van der Waals surface area contributed by atoms with E-state index >= 15 is 0 Å². The molecule has 0 amide bonds. The van der Waals surface area contributed by atoms with Gasteiger partial charge in [-0.15, -0.1) is 0 Å². The Morgan fingerprint density at radius 3 is 2.29 bits per heavy atom. The third-order valence-corrected chi connectivity index (χ3v) is 2.31. The van der Waals surface area contributed by atoms with Crippen LogP contribution in [0.1, 0.15) is 22.7 Å². The van der Waals surface area contributed by atoms with Crippen LogP contribution in [0.2, 0.25) is 0 Å². The lowest BCUT2D eigenvalue weighted by molar-refractivity contribution is -0.148. The fraction of sp³-hybridized carbons (Fsp3) is 0.556. The maximum absolute atomic E-state index is 12.5. The van der Waals surface area contributed by atoms with Crippen molar-refractivity contribution in [1.29, 1.82) is 0 Å². The molecule has 0 radical (unpaired) electrons. The summed E-state index contributed by atoms with van der Waals surface area (Å²) in [6.45, 7) is 2.85. The first-order valence-electron chi connectivity index (χ1n) is 4.29. The Hall–Kier alpha value is -0.970. The Kier molecular flexibility index (Phi) is 2.89. The quantitative estimate of drug-likeness (QED) is 0.765. The van der Waals surface area contributed by atoms with Gasteiger partial charge in [-0.05, 0) is 25.0 Å². The van der Waals surface area contributed by atoms with Crippen molar-refractivity contribution in [3.05, 3.63) is 23.0 Å². The number of halogens is 3. The lowest BCUT2D eigenvalue weighted by Crippen LogP contribution is -2.28. The van der Waals surface area contributed by atoms with Crippen LogP contribution in [0.5, 0.6) is 0 Å². The average Bonchev–Trinajstić information content (AvgIpc) is 2.34. The third kappa shape index (κ3) is 1.92. The van der Waals surface area contributed by atoms with Gasteiger partial charge in [0.25, 0.3) is 0 Å². The number of hydrogen-bond acceptors (Lipinski definition) is 1. The molecule has 0 saturated heterocycles. The van der Waals surface area contributed by atoms with Crippen LogP contribution in [0.4, 0.5) is 13.2 Å². The predicted molar refractivity (Wildman–Crippen MR) is 48.1 cm³/mol. The predicted octanol–water partition coefficient (Wildman–Crippen LogP) is 2.24. The van der Waals surface area contributed by atoms with Gasteiger partial charge in [0, 0.05) is 18.4 Å². The summed E-state index contributed by atoms with van der Waals surface area (Å²) in [6, 6.07) is 0. The van der Waals surface area contributed by atoms with Crippen LogP contribution < -0.4 is 5.73 Å². The Balaban J connectivity index is 3.13. The molecule has 0 aliphatic carbocycles. The molecule has 0 saturated carbocycles. The van der Waals surface area contributed by atoms with Crippen molar-refractivity contribution in [2.45, 2.75) is 25.9 Å². The van der Waals surface area contributed by atoms with Gasteiger partial charge in [0.15, 0.2) is 0 Å². The Bertz CT molecular complexity index is 295. The first-order valence-corrected chi connectivity index (χ1v) is 4.29. The van der Waals surface area contributed by atoms with Crippen LogP contribution in [0.3, 0.4) is 0 Å².